The van der Waals surface area contributed by atoms with Crippen LogP contribution >= 0.6 is 23.2 Å². The Hall–Kier alpha value is -0.280. The topological polar surface area (TPSA) is 43.4 Å². The van der Waals surface area contributed by atoms with E-state index in [4.69, 9.17) is 23.2 Å². The van der Waals surface area contributed by atoms with Crippen molar-refractivity contribution in [2.45, 2.75) is 27.7 Å². The molecule has 0 bridgehead atoms. The fraction of sp³-hybridized carbons (Fsp3) is 0.750. The predicted octanol–water partition coefficient (Wildman–Crippen LogP) is 2.59. The molecule has 0 amide bonds. The molecule has 3 nitrogen and oxygen atoms in total. The number of hydrogen-bond donors (Lipinski definition) is 0. The smallest absolute Gasteiger partial charge is 0.302 e. The van der Waals surface area contributed by atoms with E-state index in [0.717, 1.165) is 0 Å². The summed E-state index contributed by atoms with van der Waals surface area (Å²) in [5.74, 6) is -0.0440. The van der Waals surface area contributed by atoms with Crippen LogP contribution in [0.1, 0.15) is 27.7 Å². The second-order valence-electron chi connectivity index (χ2n) is 1.93. The van der Waals surface area contributed by atoms with Gasteiger partial charge in [0.15, 0.2) is 0 Å². The highest BCUT2D eigenvalue weighted by molar-refractivity contribution is 6.40. The van der Waals surface area contributed by atoms with Gasteiger partial charge in [0.05, 0.1) is 11.9 Å². The summed E-state index contributed by atoms with van der Waals surface area (Å²) in [6.07, 6.45) is 0. The summed E-state index contributed by atoms with van der Waals surface area (Å²) >= 11 is 9.53. The molecule has 0 aromatic heterocycles. The van der Waals surface area contributed by atoms with Gasteiger partial charge >= 0.3 is 5.97 Å². The van der Waals surface area contributed by atoms with E-state index in [1.54, 1.807) is 6.92 Å². The zero-order valence-corrected chi connectivity index (χ0v) is 9.91. The molecular formula is C8H16Cl2O3. The van der Waals surface area contributed by atoms with E-state index in [2.05, 4.69) is 4.74 Å². The van der Waals surface area contributed by atoms with Crippen molar-refractivity contribution in [2.75, 3.05) is 11.9 Å². The minimum absolute atomic E-state index is 0.167. The molecule has 13 heavy (non-hydrogen) atoms. The first-order valence-corrected chi connectivity index (χ1v) is 4.71. The summed E-state index contributed by atoms with van der Waals surface area (Å²) in [5, 5.41) is 0.194. The molecular weight excluding hydrogens is 215 g/mol. The molecule has 80 valence electrons. The summed E-state index contributed by atoms with van der Waals surface area (Å²) < 4.78 is 4.40. The van der Waals surface area contributed by atoms with Gasteiger partial charge in [0.2, 0.25) is 0 Å². The van der Waals surface area contributed by atoms with Crippen LogP contribution in [0.5, 0.6) is 0 Å². The third-order valence-corrected chi connectivity index (χ3v) is 0.348. The Morgan fingerprint density at radius 3 is 1.38 bits per heavy atom. The van der Waals surface area contributed by atoms with Crippen LogP contribution in [0, 0.1) is 0 Å². The Labute approximate surface area is 89.3 Å². The number of Topliss-reactive ketones (excluding diaryl/α,β-unsaturated/α-hetero) is 1. The second kappa shape index (κ2) is 17.7. The van der Waals surface area contributed by atoms with Crippen molar-refractivity contribution >= 4 is 35.0 Å². The number of hydrogen-bond acceptors (Lipinski definition) is 3. The summed E-state index contributed by atoms with van der Waals surface area (Å²) in [7, 11) is 0. The van der Waals surface area contributed by atoms with Crippen molar-refractivity contribution in [3.05, 3.63) is 0 Å². The molecule has 0 aliphatic heterocycles. The maximum absolute atomic E-state index is 9.82. The first kappa shape index (κ1) is 18.5. The van der Waals surface area contributed by atoms with Crippen LogP contribution in [0.2, 0.25) is 0 Å². The van der Waals surface area contributed by atoms with Gasteiger partial charge in [-0.2, -0.15) is 0 Å². The molecule has 0 N–H and O–H groups in total. The van der Waals surface area contributed by atoms with Crippen LogP contribution in [-0.2, 0) is 14.3 Å². The summed E-state index contributed by atoms with van der Waals surface area (Å²) in [6.45, 7) is 6.71. The second-order valence-corrected chi connectivity index (χ2v) is 2.74. The first-order chi connectivity index (χ1) is 5.92. The van der Waals surface area contributed by atoms with Gasteiger partial charge in [-0.3, -0.25) is 4.79 Å². The van der Waals surface area contributed by atoms with Gasteiger partial charge in [0.1, 0.15) is 5.78 Å². The van der Waals surface area contributed by atoms with E-state index in [1.165, 1.54) is 20.8 Å². The van der Waals surface area contributed by atoms with Gasteiger partial charge in [-0.25, -0.2) is 0 Å². The van der Waals surface area contributed by atoms with Gasteiger partial charge in [-0.05, 0) is 20.8 Å². The van der Waals surface area contributed by atoms with Crippen molar-refractivity contribution in [1.29, 1.82) is 0 Å². The molecule has 0 spiro atoms. The number of carbonyl (C=O) groups is 2. The normalized spacial score (nSPS) is 6.92. The quantitative estimate of drug-likeness (QED) is 0.514. The minimum atomic E-state index is -0.211. The van der Waals surface area contributed by atoms with Crippen LogP contribution in [0.3, 0.4) is 0 Å². The number of esters is 1. The van der Waals surface area contributed by atoms with Gasteiger partial charge in [0, 0.05) is 6.92 Å². The highest BCUT2D eigenvalue weighted by Gasteiger charge is 1.81. The lowest BCUT2D eigenvalue weighted by Crippen LogP contribution is -1.95. The Morgan fingerprint density at radius 1 is 1.15 bits per heavy atom. The lowest BCUT2D eigenvalue weighted by atomic mass is 10.6. The number of carbonyl (C=O) groups excluding carboxylic acids is 2. The molecule has 0 fully saturated rings. The molecule has 0 aromatic carbocycles. The summed E-state index contributed by atoms with van der Waals surface area (Å²) in [6, 6.07) is 0. The molecule has 0 saturated heterocycles. The fourth-order valence-electron chi connectivity index (χ4n) is 0.203. The molecule has 0 atom stereocenters. The molecule has 0 saturated carbocycles. The zero-order valence-electron chi connectivity index (χ0n) is 8.39. The molecule has 0 rings (SSSR count). The fourth-order valence-corrected chi connectivity index (χ4v) is 0.203. The van der Waals surface area contributed by atoms with E-state index in [1.807, 2.05) is 0 Å². The SMILES string of the molecule is CC(C)=O.CCOC(C)=O.ClCCl. The molecule has 5 heteroatoms. The summed E-state index contributed by atoms with van der Waals surface area (Å²) in [4.78, 5) is 19.3. The Kier molecular flexibility index (Phi) is 25.2. The van der Waals surface area contributed by atoms with Gasteiger partial charge in [-0.15, -0.1) is 23.2 Å². The van der Waals surface area contributed by atoms with Crippen LogP contribution in [0.25, 0.3) is 0 Å². The monoisotopic (exact) mass is 230 g/mol. The van der Waals surface area contributed by atoms with Crippen LogP contribution < -0.4 is 0 Å². The van der Waals surface area contributed by atoms with Crippen molar-refractivity contribution in [2.24, 2.45) is 0 Å². The number of ether oxygens (including phenoxy) is 1. The lowest BCUT2D eigenvalue weighted by Gasteiger charge is -1.89. The standard InChI is InChI=1S/C4H8O2.C3H6O.CH2Cl2/c1-3-6-4(2)5;1-3(2)4;2-1-3/h3H2,1-2H3;1-2H3;1H2. The lowest BCUT2D eigenvalue weighted by molar-refractivity contribution is -0.140. The molecule has 0 aromatic rings. The number of alkyl halides is 2. The first-order valence-electron chi connectivity index (χ1n) is 3.64. The molecule has 0 aliphatic rings. The highest BCUT2D eigenvalue weighted by Crippen LogP contribution is 1.73. The highest BCUT2D eigenvalue weighted by atomic mass is 35.5. The van der Waals surface area contributed by atoms with E-state index in [9.17, 15) is 9.59 Å². The maximum Gasteiger partial charge on any atom is 0.302 e. The van der Waals surface area contributed by atoms with E-state index < -0.39 is 0 Å². The van der Waals surface area contributed by atoms with Gasteiger partial charge < -0.3 is 9.53 Å². The largest absolute Gasteiger partial charge is 0.466 e. The van der Waals surface area contributed by atoms with Crippen LogP contribution in [0.15, 0.2) is 0 Å². The number of rotatable bonds is 1. The molecule has 0 radical (unpaired) electrons. The summed E-state index contributed by atoms with van der Waals surface area (Å²) in [5.41, 5.74) is 0. The van der Waals surface area contributed by atoms with Crippen LogP contribution in [0.4, 0.5) is 0 Å². The average molecular weight is 231 g/mol. The Balaban J connectivity index is -0.000000125. The van der Waals surface area contributed by atoms with E-state index in [-0.39, 0.29) is 17.1 Å². The van der Waals surface area contributed by atoms with E-state index in [0.29, 0.717) is 6.61 Å². The minimum Gasteiger partial charge on any atom is -0.466 e. The Bertz CT molecular complexity index is 123. The van der Waals surface area contributed by atoms with Crippen molar-refractivity contribution in [3.8, 4) is 0 Å². The third-order valence-electron chi connectivity index (χ3n) is 0.348. The number of halogens is 2. The van der Waals surface area contributed by atoms with Crippen molar-refractivity contribution < 1.29 is 14.3 Å². The van der Waals surface area contributed by atoms with E-state index >= 15 is 0 Å². The Morgan fingerprint density at radius 2 is 1.38 bits per heavy atom. The van der Waals surface area contributed by atoms with Gasteiger partial charge in [-0.1, -0.05) is 0 Å². The zero-order chi connectivity index (χ0) is 11.3. The van der Waals surface area contributed by atoms with Crippen LogP contribution in [-0.4, -0.2) is 23.7 Å². The maximum atomic E-state index is 9.82. The average Bonchev–Trinajstić information content (AvgIpc) is 1.86. The van der Waals surface area contributed by atoms with Crippen molar-refractivity contribution in [1.82, 2.24) is 0 Å². The van der Waals surface area contributed by atoms with Crippen molar-refractivity contribution in [3.63, 3.8) is 0 Å². The number of ketones is 1. The molecule has 0 unspecified atom stereocenters. The van der Waals surface area contributed by atoms with Gasteiger partial charge in [0.25, 0.3) is 0 Å². The predicted molar refractivity (Wildman–Crippen MR) is 55.2 cm³/mol. The molecule has 0 aliphatic carbocycles. The third kappa shape index (κ3) is 150. The molecule has 0 heterocycles.